The van der Waals surface area contributed by atoms with Crippen LogP contribution in [-0.2, 0) is 11.3 Å². The molecule has 1 atom stereocenters. The summed E-state index contributed by atoms with van der Waals surface area (Å²) in [5, 5.41) is 0. The number of carbonyl (C=O) groups is 1. The molecule has 1 unspecified atom stereocenters. The molecule has 0 bridgehead atoms. The van der Waals surface area contributed by atoms with Crippen LogP contribution in [0.15, 0.2) is 22.7 Å². The van der Waals surface area contributed by atoms with Crippen molar-refractivity contribution >= 4 is 21.8 Å². The summed E-state index contributed by atoms with van der Waals surface area (Å²) in [6.45, 7) is 0.605. The molecular weight excluding hydrogens is 353 g/mol. The highest BCUT2D eigenvalue weighted by molar-refractivity contribution is 9.10. The second-order valence-electron chi connectivity index (χ2n) is 4.82. The minimum Gasteiger partial charge on any atom is -0.496 e. The van der Waals surface area contributed by atoms with E-state index in [-0.39, 0.29) is 6.54 Å². The van der Waals surface area contributed by atoms with Crippen LogP contribution in [0, 0.1) is 0 Å². The number of amides is 1. The Morgan fingerprint density at radius 2 is 2.00 bits per heavy atom. The summed E-state index contributed by atoms with van der Waals surface area (Å²) in [4.78, 5) is 12.9. The van der Waals surface area contributed by atoms with E-state index in [9.17, 15) is 18.0 Å². The fraction of sp³-hybridized carbons (Fsp3) is 0.462. The number of ether oxygens (including phenoxy) is 1. The molecule has 0 aliphatic rings. The lowest BCUT2D eigenvalue weighted by atomic mass is 10.0. The third kappa shape index (κ3) is 3.88. The summed E-state index contributed by atoms with van der Waals surface area (Å²) in [5.74, 6) is -0.736. The van der Waals surface area contributed by atoms with E-state index in [1.165, 1.54) is 14.2 Å². The van der Waals surface area contributed by atoms with Crippen LogP contribution in [-0.4, -0.2) is 36.7 Å². The highest BCUT2D eigenvalue weighted by Crippen LogP contribution is 2.30. The number of benzene rings is 1. The van der Waals surface area contributed by atoms with Crippen molar-refractivity contribution < 1.29 is 22.7 Å². The van der Waals surface area contributed by atoms with Crippen molar-refractivity contribution in [2.24, 2.45) is 5.73 Å². The maximum Gasteiger partial charge on any atom is 0.415 e. The average Bonchev–Trinajstić information content (AvgIpc) is 2.36. The van der Waals surface area contributed by atoms with Gasteiger partial charge in [0.1, 0.15) is 5.75 Å². The van der Waals surface area contributed by atoms with Crippen LogP contribution in [0.1, 0.15) is 12.5 Å². The Labute approximate surface area is 129 Å². The molecule has 0 aliphatic carbocycles. The standard InChI is InChI=1S/C13H16BrF3N2O2/c1-12(18,13(15,16)17)11(20)19(2)7-8-6-9(14)4-5-10(8)21-3/h4-6H,7,18H2,1-3H3. The van der Waals surface area contributed by atoms with Crippen molar-refractivity contribution in [1.29, 1.82) is 0 Å². The predicted octanol–water partition coefficient (Wildman–Crippen LogP) is 2.70. The van der Waals surface area contributed by atoms with E-state index < -0.39 is 17.6 Å². The minimum absolute atomic E-state index is 0.0513. The first-order valence-electron chi connectivity index (χ1n) is 5.94. The molecule has 0 aromatic heterocycles. The van der Waals surface area contributed by atoms with E-state index in [1.54, 1.807) is 18.2 Å². The SMILES string of the molecule is COc1ccc(Br)cc1CN(C)C(=O)C(C)(N)C(F)(F)F. The number of rotatable bonds is 4. The monoisotopic (exact) mass is 368 g/mol. The van der Waals surface area contributed by atoms with Gasteiger partial charge in [-0.2, -0.15) is 13.2 Å². The quantitative estimate of drug-likeness (QED) is 0.888. The van der Waals surface area contributed by atoms with Crippen LogP contribution in [0.4, 0.5) is 13.2 Å². The molecule has 0 fully saturated rings. The molecule has 0 spiro atoms. The molecule has 21 heavy (non-hydrogen) atoms. The van der Waals surface area contributed by atoms with E-state index in [1.807, 2.05) is 0 Å². The largest absolute Gasteiger partial charge is 0.496 e. The number of nitrogens with two attached hydrogens (primary N) is 1. The van der Waals surface area contributed by atoms with Gasteiger partial charge in [-0.25, -0.2) is 0 Å². The van der Waals surface area contributed by atoms with Crippen LogP contribution in [0.3, 0.4) is 0 Å². The zero-order valence-corrected chi connectivity index (χ0v) is 13.4. The fourth-order valence-corrected chi connectivity index (χ4v) is 2.12. The molecule has 0 radical (unpaired) electrons. The molecule has 1 aromatic rings. The normalized spacial score (nSPS) is 14.5. The first-order valence-corrected chi connectivity index (χ1v) is 6.73. The van der Waals surface area contributed by atoms with Crippen molar-refractivity contribution in [2.75, 3.05) is 14.2 Å². The van der Waals surface area contributed by atoms with Crippen LogP contribution in [0.25, 0.3) is 0 Å². The topological polar surface area (TPSA) is 55.6 Å². The van der Waals surface area contributed by atoms with Gasteiger partial charge in [0.2, 0.25) is 0 Å². The zero-order valence-electron chi connectivity index (χ0n) is 11.8. The number of likely N-dealkylation sites (N-methyl/N-ethyl adjacent to an activating group) is 1. The van der Waals surface area contributed by atoms with Crippen LogP contribution >= 0.6 is 15.9 Å². The lowest BCUT2D eigenvalue weighted by molar-refractivity contribution is -0.193. The summed E-state index contributed by atoms with van der Waals surface area (Å²) >= 11 is 3.26. The molecule has 1 amide bonds. The van der Waals surface area contributed by atoms with Gasteiger partial charge < -0.3 is 15.4 Å². The smallest absolute Gasteiger partial charge is 0.415 e. The number of nitrogens with zero attached hydrogens (tertiary/aromatic N) is 1. The highest BCUT2D eigenvalue weighted by Gasteiger charge is 2.54. The summed E-state index contributed by atoms with van der Waals surface area (Å²) in [7, 11) is 2.71. The third-order valence-electron chi connectivity index (χ3n) is 3.03. The highest BCUT2D eigenvalue weighted by atomic mass is 79.9. The van der Waals surface area contributed by atoms with Gasteiger partial charge >= 0.3 is 6.18 Å². The van der Waals surface area contributed by atoms with E-state index in [0.29, 0.717) is 18.2 Å². The molecule has 2 N–H and O–H groups in total. The zero-order chi connectivity index (χ0) is 16.4. The lowest BCUT2D eigenvalue weighted by Gasteiger charge is -2.31. The number of halogens is 4. The summed E-state index contributed by atoms with van der Waals surface area (Å²) in [6, 6.07) is 5.06. The van der Waals surface area contributed by atoms with Gasteiger partial charge in [0.05, 0.1) is 7.11 Å². The molecule has 118 valence electrons. The molecule has 0 heterocycles. The van der Waals surface area contributed by atoms with Gasteiger partial charge in [0.15, 0.2) is 5.54 Å². The molecule has 0 saturated carbocycles. The average molecular weight is 369 g/mol. The van der Waals surface area contributed by atoms with Gasteiger partial charge in [-0.3, -0.25) is 4.79 Å². The fourth-order valence-electron chi connectivity index (χ4n) is 1.72. The van der Waals surface area contributed by atoms with Gasteiger partial charge in [-0.15, -0.1) is 0 Å². The number of hydrogen-bond acceptors (Lipinski definition) is 3. The maximum atomic E-state index is 12.8. The number of methoxy groups -OCH3 is 1. The van der Waals surface area contributed by atoms with Crippen molar-refractivity contribution in [1.82, 2.24) is 4.90 Å². The lowest BCUT2D eigenvalue weighted by Crippen LogP contribution is -2.61. The van der Waals surface area contributed by atoms with E-state index in [0.717, 1.165) is 9.37 Å². The molecule has 1 rings (SSSR count). The second kappa shape index (κ2) is 6.23. The molecule has 8 heteroatoms. The van der Waals surface area contributed by atoms with Gasteiger partial charge in [-0.05, 0) is 25.1 Å². The number of alkyl halides is 3. The number of carbonyl (C=O) groups excluding carboxylic acids is 1. The Balaban J connectivity index is 2.99. The Hall–Kier alpha value is -1.28. The molecule has 0 aliphatic heterocycles. The molecular formula is C13H16BrF3N2O2. The van der Waals surface area contributed by atoms with E-state index in [4.69, 9.17) is 10.5 Å². The first-order chi connectivity index (χ1) is 9.50. The first kappa shape index (κ1) is 17.8. The predicted molar refractivity (Wildman–Crippen MR) is 75.8 cm³/mol. The van der Waals surface area contributed by atoms with Gasteiger partial charge in [-0.1, -0.05) is 15.9 Å². The Morgan fingerprint density at radius 3 is 2.48 bits per heavy atom. The van der Waals surface area contributed by atoms with Crippen molar-refractivity contribution in [3.63, 3.8) is 0 Å². The second-order valence-corrected chi connectivity index (χ2v) is 5.73. The van der Waals surface area contributed by atoms with Gasteiger partial charge in [0, 0.05) is 23.6 Å². The van der Waals surface area contributed by atoms with E-state index >= 15 is 0 Å². The van der Waals surface area contributed by atoms with Crippen LogP contribution in [0.2, 0.25) is 0 Å². The summed E-state index contributed by atoms with van der Waals surface area (Å²) in [6.07, 6.45) is -4.82. The molecule has 4 nitrogen and oxygen atoms in total. The molecule has 0 saturated heterocycles. The van der Waals surface area contributed by atoms with Gasteiger partial charge in [0.25, 0.3) is 5.91 Å². The van der Waals surface area contributed by atoms with E-state index in [2.05, 4.69) is 15.9 Å². The summed E-state index contributed by atoms with van der Waals surface area (Å²) < 4.78 is 44.2. The minimum atomic E-state index is -4.82. The van der Waals surface area contributed by atoms with Crippen molar-refractivity contribution in [3.05, 3.63) is 28.2 Å². The Kier molecular flexibility index (Phi) is 5.27. The molecule has 1 aromatic carbocycles. The van der Waals surface area contributed by atoms with Crippen LogP contribution in [0.5, 0.6) is 5.75 Å². The Bertz CT molecular complexity index is 533. The van der Waals surface area contributed by atoms with Crippen LogP contribution < -0.4 is 10.5 Å². The third-order valence-corrected chi connectivity index (χ3v) is 3.52. The summed E-state index contributed by atoms with van der Waals surface area (Å²) in [5.41, 5.74) is 2.78. The van der Waals surface area contributed by atoms with Crippen molar-refractivity contribution in [3.8, 4) is 5.75 Å². The van der Waals surface area contributed by atoms with Crippen molar-refractivity contribution in [2.45, 2.75) is 25.2 Å². The maximum absolute atomic E-state index is 12.8. The Morgan fingerprint density at radius 1 is 1.43 bits per heavy atom. The number of hydrogen-bond donors (Lipinski definition) is 1.